The van der Waals surface area contributed by atoms with Crippen LogP contribution >= 0.6 is 0 Å². The molecule has 0 radical (unpaired) electrons. The molecule has 12 aromatic rings. The molecule has 0 aliphatic carbocycles. The van der Waals surface area contributed by atoms with E-state index in [9.17, 15) is 0 Å². The Hall–Kier alpha value is -7.69. The number of benzene rings is 8. The van der Waals surface area contributed by atoms with Gasteiger partial charge in [0.1, 0.15) is 11.2 Å². The number of rotatable bonds is 5. The van der Waals surface area contributed by atoms with Crippen molar-refractivity contribution in [2.24, 2.45) is 0 Å². The van der Waals surface area contributed by atoms with Gasteiger partial charge in [0.05, 0.1) is 27.8 Å². The van der Waals surface area contributed by atoms with Crippen LogP contribution in [0.25, 0.3) is 110 Å². The van der Waals surface area contributed by atoms with Crippen LogP contribution in [0.15, 0.2) is 205 Å². The van der Waals surface area contributed by atoms with E-state index < -0.39 is 0 Å². The van der Waals surface area contributed by atoms with Crippen LogP contribution in [-0.4, -0.2) is 14.1 Å². The second-order valence-electron chi connectivity index (χ2n) is 14.8. The SMILES string of the molecule is c1ccc(-c2cccc(-c3ccc4c(c3)c3cc(-c5cccc(-n6c7ccccc7c7ccccc76)c5)ccc3n4-c3ccc4oc5ccccc5c4c3)c2)nc1. The molecule has 0 N–H and O–H groups in total. The van der Waals surface area contributed by atoms with Gasteiger partial charge in [-0.2, -0.15) is 0 Å². The Morgan fingerprint density at radius 3 is 1.56 bits per heavy atom. The summed E-state index contributed by atoms with van der Waals surface area (Å²) in [6.07, 6.45) is 1.85. The van der Waals surface area contributed by atoms with Crippen LogP contribution in [0.1, 0.15) is 0 Å². The molecule has 0 saturated carbocycles. The summed E-state index contributed by atoms with van der Waals surface area (Å²) in [7, 11) is 0. The lowest BCUT2D eigenvalue weighted by Gasteiger charge is -2.11. The van der Waals surface area contributed by atoms with Crippen LogP contribution < -0.4 is 0 Å². The summed E-state index contributed by atoms with van der Waals surface area (Å²) < 4.78 is 11.0. The molecule has 0 bridgehead atoms. The average molecular weight is 728 g/mol. The number of pyridine rings is 1. The van der Waals surface area contributed by atoms with Gasteiger partial charge in [-0.3, -0.25) is 4.98 Å². The van der Waals surface area contributed by atoms with Gasteiger partial charge in [0.25, 0.3) is 0 Å². The maximum absolute atomic E-state index is 6.24. The smallest absolute Gasteiger partial charge is 0.135 e. The molecule has 0 amide bonds. The van der Waals surface area contributed by atoms with Crippen molar-refractivity contribution in [2.75, 3.05) is 0 Å². The zero-order valence-electron chi connectivity index (χ0n) is 30.8. The maximum atomic E-state index is 6.24. The molecule has 4 nitrogen and oxygen atoms in total. The number of nitrogens with zero attached hydrogens (tertiary/aromatic N) is 3. The van der Waals surface area contributed by atoms with Crippen molar-refractivity contribution in [3.8, 4) is 44.9 Å². The van der Waals surface area contributed by atoms with Gasteiger partial charge in [-0.05, 0) is 113 Å². The van der Waals surface area contributed by atoms with Crippen molar-refractivity contribution in [1.82, 2.24) is 14.1 Å². The third-order valence-corrected chi connectivity index (χ3v) is 11.6. The molecule has 0 atom stereocenters. The molecule has 12 rings (SSSR count). The van der Waals surface area contributed by atoms with Gasteiger partial charge in [-0.25, -0.2) is 0 Å². The summed E-state index contributed by atoms with van der Waals surface area (Å²) in [4.78, 5) is 4.63. The highest BCUT2D eigenvalue weighted by Gasteiger charge is 2.18. The molecule has 57 heavy (non-hydrogen) atoms. The fraction of sp³-hybridized carbons (Fsp3) is 0. The fourth-order valence-electron chi connectivity index (χ4n) is 8.93. The van der Waals surface area contributed by atoms with Gasteiger partial charge in [0.2, 0.25) is 0 Å². The third-order valence-electron chi connectivity index (χ3n) is 11.6. The fourth-order valence-corrected chi connectivity index (χ4v) is 8.93. The summed E-state index contributed by atoms with van der Waals surface area (Å²) in [5.41, 5.74) is 15.5. The van der Waals surface area contributed by atoms with Crippen LogP contribution in [-0.2, 0) is 0 Å². The Morgan fingerprint density at radius 2 is 0.860 bits per heavy atom. The van der Waals surface area contributed by atoms with Crippen molar-refractivity contribution in [3.05, 3.63) is 200 Å². The van der Waals surface area contributed by atoms with Crippen molar-refractivity contribution in [1.29, 1.82) is 0 Å². The number of fused-ring (bicyclic) bond motifs is 9. The van der Waals surface area contributed by atoms with E-state index in [2.05, 4.69) is 184 Å². The topological polar surface area (TPSA) is 35.9 Å². The van der Waals surface area contributed by atoms with Gasteiger partial charge in [-0.1, -0.05) is 103 Å². The molecular formula is C53H33N3O. The first kappa shape index (κ1) is 31.6. The molecule has 0 unspecified atom stereocenters. The van der Waals surface area contributed by atoms with Crippen LogP contribution in [0.3, 0.4) is 0 Å². The summed E-state index contributed by atoms with van der Waals surface area (Å²) in [6, 6.07) is 69.7. The van der Waals surface area contributed by atoms with Crippen LogP contribution in [0.4, 0.5) is 0 Å². The summed E-state index contributed by atoms with van der Waals surface area (Å²) in [5.74, 6) is 0. The van der Waals surface area contributed by atoms with Gasteiger partial charge in [0.15, 0.2) is 0 Å². The highest BCUT2D eigenvalue weighted by atomic mass is 16.3. The van der Waals surface area contributed by atoms with Crippen molar-refractivity contribution >= 4 is 65.6 Å². The highest BCUT2D eigenvalue weighted by molar-refractivity contribution is 6.13. The van der Waals surface area contributed by atoms with E-state index in [4.69, 9.17) is 4.42 Å². The van der Waals surface area contributed by atoms with E-state index in [1.807, 2.05) is 30.5 Å². The molecule has 266 valence electrons. The van der Waals surface area contributed by atoms with Crippen molar-refractivity contribution < 1.29 is 4.42 Å². The van der Waals surface area contributed by atoms with Gasteiger partial charge in [-0.15, -0.1) is 0 Å². The minimum Gasteiger partial charge on any atom is -0.456 e. The normalized spacial score (nSPS) is 11.9. The summed E-state index contributed by atoms with van der Waals surface area (Å²) in [5, 5.41) is 7.15. The Balaban J connectivity index is 1.06. The minimum atomic E-state index is 0.890. The number of furan rings is 1. The summed E-state index contributed by atoms with van der Waals surface area (Å²) in [6.45, 7) is 0. The zero-order valence-corrected chi connectivity index (χ0v) is 30.8. The second-order valence-corrected chi connectivity index (χ2v) is 14.8. The van der Waals surface area contributed by atoms with E-state index >= 15 is 0 Å². The summed E-state index contributed by atoms with van der Waals surface area (Å²) >= 11 is 0. The van der Waals surface area contributed by atoms with Crippen LogP contribution in [0.5, 0.6) is 0 Å². The lowest BCUT2D eigenvalue weighted by Crippen LogP contribution is -1.94. The highest BCUT2D eigenvalue weighted by Crippen LogP contribution is 2.40. The van der Waals surface area contributed by atoms with Crippen LogP contribution in [0, 0.1) is 0 Å². The maximum Gasteiger partial charge on any atom is 0.135 e. The molecule has 4 aromatic heterocycles. The van der Waals surface area contributed by atoms with E-state index in [-0.39, 0.29) is 0 Å². The molecule has 4 heteroatoms. The first-order chi connectivity index (χ1) is 28.2. The molecule has 8 aromatic carbocycles. The Labute approximate surface area is 328 Å². The van der Waals surface area contributed by atoms with E-state index in [1.54, 1.807) is 0 Å². The van der Waals surface area contributed by atoms with Crippen LogP contribution in [0.2, 0.25) is 0 Å². The first-order valence-corrected chi connectivity index (χ1v) is 19.4. The lowest BCUT2D eigenvalue weighted by molar-refractivity contribution is 0.669. The Bertz CT molecular complexity index is 3480. The predicted octanol–water partition coefficient (Wildman–Crippen LogP) is 14.2. The van der Waals surface area contributed by atoms with E-state index in [0.717, 1.165) is 66.7 Å². The Morgan fingerprint density at radius 1 is 0.316 bits per heavy atom. The minimum absolute atomic E-state index is 0.890. The van der Waals surface area contributed by atoms with Gasteiger partial charge in [0, 0.05) is 55.5 Å². The molecule has 0 aliphatic rings. The van der Waals surface area contributed by atoms with Crippen molar-refractivity contribution in [3.63, 3.8) is 0 Å². The van der Waals surface area contributed by atoms with E-state index in [1.165, 1.54) is 43.7 Å². The number of para-hydroxylation sites is 3. The second kappa shape index (κ2) is 12.4. The molecule has 0 aliphatic heterocycles. The van der Waals surface area contributed by atoms with E-state index in [0.29, 0.717) is 0 Å². The third kappa shape index (κ3) is 4.98. The molecule has 0 saturated heterocycles. The quantitative estimate of drug-likeness (QED) is 0.177. The predicted molar refractivity (Wildman–Crippen MR) is 237 cm³/mol. The lowest BCUT2D eigenvalue weighted by atomic mass is 9.98. The van der Waals surface area contributed by atoms with Crippen molar-refractivity contribution in [2.45, 2.75) is 0 Å². The average Bonchev–Trinajstić information content (AvgIpc) is 3.94. The Kier molecular flexibility index (Phi) is 6.89. The molecule has 0 fully saturated rings. The number of aromatic nitrogens is 3. The standard InChI is InChI=1S/C53H33N3O/c1-4-19-48-41(15-1)42-16-2-5-20-49(42)55(48)39-14-10-12-35(30-39)37-23-26-51-45(32-37)44-31-36(34-11-9-13-38(29-34)47-18-7-8-28-54-47)22-25-50(44)56(51)40-24-27-53-46(33-40)43-17-3-6-21-52(43)57-53/h1-33H. The molecule has 4 heterocycles. The monoisotopic (exact) mass is 727 g/mol. The largest absolute Gasteiger partial charge is 0.456 e. The first-order valence-electron chi connectivity index (χ1n) is 19.4. The molecular weight excluding hydrogens is 695 g/mol. The molecule has 0 spiro atoms. The number of hydrogen-bond donors (Lipinski definition) is 0. The van der Waals surface area contributed by atoms with Gasteiger partial charge >= 0.3 is 0 Å². The number of hydrogen-bond acceptors (Lipinski definition) is 2. The van der Waals surface area contributed by atoms with Gasteiger partial charge < -0.3 is 13.6 Å². The zero-order chi connectivity index (χ0) is 37.5.